The third-order valence-electron chi connectivity index (χ3n) is 2.93. The van der Waals surface area contributed by atoms with Crippen molar-refractivity contribution in [2.75, 3.05) is 6.54 Å². The van der Waals surface area contributed by atoms with Crippen LogP contribution in [0.4, 0.5) is 0 Å². The molecule has 3 heterocycles. The van der Waals surface area contributed by atoms with Crippen molar-refractivity contribution < 1.29 is 4.42 Å². The first-order valence-corrected chi connectivity index (χ1v) is 7.81. The molecule has 0 saturated carbocycles. The van der Waals surface area contributed by atoms with Gasteiger partial charge in [0.25, 0.3) is 0 Å². The molecule has 0 unspecified atom stereocenters. The van der Waals surface area contributed by atoms with Gasteiger partial charge in [-0.1, -0.05) is 18.2 Å². The van der Waals surface area contributed by atoms with Gasteiger partial charge in [0.1, 0.15) is 12.0 Å². The molecule has 0 aliphatic rings. The van der Waals surface area contributed by atoms with Crippen molar-refractivity contribution in [1.29, 1.82) is 0 Å². The normalized spacial score (nSPS) is 11.1. The fourth-order valence-corrected chi connectivity index (χ4v) is 2.60. The monoisotopic (exact) mass is 303 g/mol. The summed E-state index contributed by atoms with van der Waals surface area (Å²) in [6.45, 7) is 4.43. The van der Waals surface area contributed by atoms with Gasteiger partial charge in [0.05, 0.1) is 23.3 Å². The summed E-state index contributed by atoms with van der Waals surface area (Å²) in [6, 6.07) is 3.98. The lowest BCUT2D eigenvalue weighted by molar-refractivity contribution is 0.569. The molecule has 3 rings (SSSR count). The van der Waals surface area contributed by atoms with Crippen molar-refractivity contribution in [1.82, 2.24) is 25.3 Å². The summed E-state index contributed by atoms with van der Waals surface area (Å²) in [5, 5.41) is 13.6. The number of hydrogen-bond donors (Lipinski definition) is 1. The van der Waals surface area contributed by atoms with Gasteiger partial charge in [0.2, 0.25) is 5.89 Å². The number of rotatable bonds is 7. The highest BCUT2D eigenvalue weighted by atomic mass is 32.1. The van der Waals surface area contributed by atoms with Gasteiger partial charge in [0, 0.05) is 6.54 Å². The molecule has 0 spiro atoms. The zero-order chi connectivity index (χ0) is 14.5. The minimum absolute atomic E-state index is 0.565. The topological polar surface area (TPSA) is 68.8 Å². The fourth-order valence-electron chi connectivity index (χ4n) is 1.95. The molecule has 3 aromatic rings. The number of nitrogens with zero attached hydrogens (tertiary/aromatic N) is 4. The average Bonchev–Trinajstić information content (AvgIpc) is 3.20. The molecule has 21 heavy (non-hydrogen) atoms. The summed E-state index contributed by atoms with van der Waals surface area (Å²) < 4.78 is 7.27. The second-order valence-corrected chi connectivity index (χ2v) is 5.65. The maximum atomic E-state index is 5.49. The Morgan fingerprint density at radius 3 is 3.14 bits per heavy atom. The van der Waals surface area contributed by atoms with Crippen LogP contribution in [-0.2, 0) is 13.1 Å². The van der Waals surface area contributed by atoms with Crippen LogP contribution < -0.4 is 5.32 Å². The second kappa shape index (κ2) is 6.64. The van der Waals surface area contributed by atoms with Gasteiger partial charge >= 0.3 is 0 Å². The number of thiophene rings is 1. The summed E-state index contributed by atoms with van der Waals surface area (Å²) in [5.41, 5.74) is 1.78. The summed E-state index contributed by atoms with van der Waals surface area (Å²) in [6.07, 6.45) is 4.71. The maximum absolute atomic E-state index is 5.49. The molecular formula is C14H17N5OS. The molecule has 1 N–H and O–H groups in total. The van der Waals surface area contributed by atoms with Gasteiger partial charge in [-0.05, 0) is 24.4 Å². The van der Waals surface area contributed by atoms with E-state index < -0.39 is 0 Å². The van der Waals surface area contributed by atoms with Crippen LogP contribution in [0.5, 0.6) is 0 Å². The van der Waals surface area contributed by atoms with Crippen molar-refractivity contribution in [3.63, 3.8) is 0 Å². The Labute approximate surface area is 126 Å². The van der Waals surface area contributed by atoms with Gasteiger partial charge in [-0.15, -0.1) is 16.4 Å². The lowest BCUT2D eigenvalue weighted by Gasteiger charge is -1.97. The number of nitrogens with one attached hydrogen (secondary N) is 1. The lowest BCUT2D eigenvalue weighted by atomic mass is 10.4. The molecule has 0 aliphatic heterocycles. The molecule has 0 aromatic carbocycles. The summed E-state index contributed by atoms with van der Waals surface area (Å²) in [4.78, 5) is 5.50. The third-order valence-corrected chi connectivity index (χ3v) is 3.78. The van der Waals surface area contributed by atoms with Gasteiger partial charge in [-0.25, -0.2) is 9.67 Å². The minimum Gasteiger partial charge on any atom is -0.443 e. The Morgan fingerprint density at radius 1 is 1.38 bits per heavy atom. The van der Waals surface area contributed by atoms with Crippen LogP contribution in [0.25, 0.3) is 10.8 Å². The highest BCUT2D eigenvalue weighted by Gasteiger charge is 2.09. The van der Waals surface area contributed by atoms with Crippen LogP contribution >= 0.6 is 11.3 Å². The van der Waals surface area contributed by atoms with Crippen molar-refractivity contribution in [3.8, 4) is 10.8 Å². The van der Waals surface area contributed by atoms with Crippen LogP contribution in [0.1, 0.15) is 24.7 Å². The molecule has 0 saturated heterocycles. The van der Waals surface area contributed by atoms with Crippen LogP contribution in [-0.4, -0.2) is 26.5 Å². The predicted molar refractivity (Wildman–Crippen MR) is 80.9 cm³/mol. The molecule has 110 valence electrons. The van der Waals surface area contributed by atoms with E-state index in [1.807, 2.05) is 23.7 Å². The van der Waals surface area contributed by atoms with Gasteiger partial charge in [-0.3, -0.25) is 0 Å². The van der Waals surface area contributed by atoms with E-state index >= 15 is 0 Å². The van der Waals surface area contributed by atoms with Gasteiger partial charge in [-0.2, -0.15) is 0 Å². The molecule has 0 bridgehead atoms. The van der Waals surface area contributed by atoms with E-state index in [1.54, 1.807) is 22.3 Å². The molecule has 0 atom stereocenters. The maximum Gasteiger partial charge on any atom is 0.236 e. The fraction of sp³-hybridized carbons (Fsp3) is 0.357. The quantitative estimate of drug-likeness (QED) is 0.679. The van der Waals surface area contributed by atoms with Crippen LogP contribution in [0.3, 0.4) is 0 Å². The first-order valence-electron chi connectivity index (χ1n) is 6.93. The number of oxazole rings is 1. The van der Waals surface area contributed by atoms with Crippen LogP contribution in [0.15, 0.2) is 34.4 Å². The van der Waals surface area contributed by atoms with Gasteiger partial charge in [0.15, 0.2) is 0 Å². The van der Waals surface area contributed by atoms with Crippen molar-refractivity contribution in [3.05, 3.63) is 41.4 Å². The minimum atomic E-state index is 0.565. The molecule has 0 fully saturated rings. The van der Waals surface area contributed by atoms with E-state index in [-0.39, 0.29) is 0 Å². The van der Waals surface area contributed by atoms with E-state index in [4.69, 9.17) is 4.42 Å². The third kappa shape index (κ3) is 3.56. The average molecular weight is 303 g/mol. The highest BCUT2D eigenvalue weighted by Crippen LogP contribution is 2.23. The Balaban J connectivity index is 1.61. The molecule has 3 aromatic heterocycles. The molecule has 0 aliphatic carbocycles. The lowest BCUT2D eigenvalue weighted by Crippen LogP contribution is -2.13. The van der Waals surface area contributed by atoms with Crippen molar-refractivity contribution >= 4 is 11.3 Å². The Bertz CT molecular complexity index is 673. The number of aromatic nitrogens is 4. The van der Waals surface area contributed by atoms with E-state index in [9.17, 15) is 0 Å². The van der Waals surface area contributed by atoms with E-state index in [2.05, 4.69) is 27.5 Å². The highest BCUT2D eigenvalue weighted by molar-refractivity contribution is 7.13. The Hall–Kier alpha value is -1.99. The summed E-state index contributed by atoms with van der Waals surface area (Å²) in [5.74, 6) is 0.657. The predicted octanol–water partition coefficient (Wildman–Crippen LogP) is 2.54. The van der Waals surface area contributed by atoms with E-state index in [1.165, 1.54) is 0 Å². The molecule has 7 heteroatoms. The Morgan fingerprint density at radius 2 is 2.33 bits per heavy atom. The standard InChI is InChI=1S/C14H17N5OS/c1-2-5-15-7-11-8-19(18-17-11)9-12-10-20-14(16-12)13-4-3-6-21-13/h3-4,6,8,10,15H,2,5,7,9H2,1H3. The van der Waals surface area contributed by atoms with Crippen molar-refractivity contribution in [2.45, 2.75) is 26.4 Å². The van der Waals surface area contributed by atoms with E-state index in [0.717, 1.165) is 35.8 Å². The summed E-state index contributed by atoms with van der Waals surface area (Å²) in [7, 11) is 0. The van der Waals surface area contributed by atoms with Gasteiger partial charge < -0.3 is 9.73 Å². The zero-order valence-corrected chi connectivity index (χ0v) is 12.6. The molecular weight excluding hydrogens is 286 g/mol. The first kappa shape index (κ1) is 14.0. The molecule has 0 radical (unpaired) electrons. The SMILES string of the molecule is CCCNCc1cn(Cc2coc(-c3cccs3)n2)nn1. The van der Waals surface area contributed by atoms with Crippen LogP contribution in [0, 0.1) is 0 Å². The van der Waals surface area contributed by atoms with Crippen molar-refractivity contribution in [2.24, 2.45) is 0 Å². The molecule has 6 nitrogen and oxygen atoms in total. The van der Waals surface area contributed by atoms with Crippen LogP contribution in [0.2, 0.25) is 0 Å². The Kier molecular flexibility index (Phi) is 4.42. The zero-order valence-electron chi connectivity index (χ0n) is 11.8. The largest absolute Gasteiger partial charge is 0.443 e. The second-order valence-electron chi connectivity index (χ2n) is 4.71. The first-order chi connectivity index (χ1) is 10.3. The smallest absolute Gasteiger partial charge is 0.236 e. The summed E-state index contributed by atoms with van der Waals surface area (Å²) >= 11 is 1.61. The van der Waals surface area contributed by atoms with E-state index in [0.29, 0.717) is 12.4 Å². The number of hydrogen-bond acceptors (Lipinski definition) is 6. The molecule has 0 amide bonds.